The van der Waals surface area contributed by atoms with Gasteiger partial charge in [-0.1, -0.05) is 6.42 Å². The molecule has 0 aromatic carbocycles. The Kier molecular flexibility index (Phi) is 4.95. The van der Waals surface area contributed by atoms with E-state index in [1.807, 2.05) is 0 Å². The van der Waals surface area contributed by atoms with Crippen LogP contribution in [0.25, 0.3) is 0 Å². The Balaban J connectivity index is 1.80. The van der Waals surface area contributed by atoms with Crippen molar-refractivity contribution in [1.29, 1.82) is 0 Å². The molecule has 6 nitrogen and oxygen atoms in total. The van der Waals surface area contributed by atoms with Gasteiger partial charge in [-0.15, -0.1) is 4.98 Å². The lowest BCUT2D eigenvalue weighted by atomic mass is 10.1. The number of piperidine rings is 1. The zero-order valence-corrected chi connectivity index (χ0v) is 11.2. The highest BCUT2D eigenvalue weighted by atomic mass is 35.5. The van der Waals surface area contributed by atoms with Crippen LogP contribution in [0.3, 0.4) is 0 Å². The Bertz CT molecular complexity index is 385. The molecule has 7 heteroatoms. The molecule has 0 saturated carbocycles. The first-order chi connectivity index (χ1) is 8.78. The van der Waals surface area contributed by atoms with Gasteiger partial charge in [0.05, 0.1) is 7.11 Å². The number of likely N-dealkylation sites (tertiary alicyclic amines) is 1. The minimum absolute atomic E-state index is 0.0785. The quantitative estimate of drug-likeness (QED) is 0.807. The van der Waals surface area contributed by atoms with Crippen LogP contribution >= 0.6 is 11.6 Å². The molecule has 18 heavy (non-hydrogen) atoms. The number of aromatic nitrogens is 3. The smallest absolute Gasteiger partial charge is 0.323 e. The maximum absolute atomic E-state index is 5.72. The van der Waals surface area contributed by atoms with E-state index in [0.29, 0.717) is 6.61 Å². The molecule has 0 amide bonds. The highest BCUT2D eigenvalue weighted by Gasteiger charge is 2.11. The second kappa shape index (κ2) is 6.70. The fourth-order valence-electron chi connectivity index (χ4n) is 1.92. The van der Waals surface area contributed by atoms with Gasteiger partial charge in [0.25, 0.3) is 0 Å². The maximum Gasteiger partial charge on any atom is 0.323 e. The van der Waals surface area contributed by atoms with Gasteiger partial charge >= 0.3 is 12.0 Å². The van der Waals surface area contributed by atoms with Crippen molar-refractivity contribution in [3.05, 3.63) is 5.28 Å². The van der Waals surface area contributed by atoms with Crippen LogP contribution in [0.5, 0.6) is 12.0 Å². The van der Waals surface area contributed by atoms with E-state index in [1.54, 1.807) is 0 Å². The molecule has 1 aromatic heterocycles. The van der Waals surface area contributed by atoms with Gasteiger partial charge in [-0.2, -0.15) is 9.97 Å². The van der Waals surface area contributed by atoms with Gasteiger partial charge in [-0.25, -0.2) is 0 Å². The largest absolute Gasteiger partial charge is 0.467 e. The van der Waals surface area contributed by atoms with E-state index >= 15 is 0 Å². The summed E-state index contributed by atoms with van der Waals surface area (Å²) in [5, 5.41) is 0.0785. The van der Waals surface area contributed by atoms with E-state index in [0.717, 1.165) is 19.6 Å². The van der Waals surface area contributed by atoms with Crippen molar-refractivity contribution in [2.24, 2.45) is 0 Å². The van der Waals surface area contributed by atoms with Crippen molar-refractivity contribution < 1.29 is 9.47 Å². The van der Waals surface area contributed by atoms with Crippen LogP contribution in [0.1, 0.15) is 19.3 Å². The van der Waals surface area contributed by atoms with Crippen molar-refractivity contribution in [3.63, 3.8) is 0 Å². The minimum Gasteiger partial charge on any atom is -0.467 e. The molecule has 0 unspecified atom stereocenters. The molecule has 0 atom stereocenters. The summed E-state index contributed by atoms with van der Waals surface area (Å²) in [5.74, 6) is 0. The van der Waals surface area contributed by atoms with E-state index in [1.165, 1.54) is 26.4 Å². The standard InChI is InChI=1S/C11H17ClN4O2/c1-17-10-13-9(12)14-11(15-10)18-8-7-16-5-3-2-4-6-16/h2-8H2,1H3. The molecule has 1 fully saturated rings. The molecule has 0 aliphatic carbocycles. The van der Waals surface area contributed by atoms with Gasteiger partial charge < -0.3 is 9.47 Å². The topological polar surface area (TPSA) is 60.4 Å². The minimum atomic E-state index is 0.0785. The number of hydrogen-bond acceptors (Lipinski definition) is 6. The van der Waals surface area contributed by atoms with Crippen LogP contribution in [0.2, 0.25) is 5.28 Å². The van der Waals surface area contributed by atoms with E-state index in [4.69, 9.17) is 21.1 Å². The zero-order chi connectivity index (χ0) is 12.8. The van der Waals surface area contributed by atoms with Crippen molar-refractivity contribution >= 4 is 11.6 Å². The summed E-state index contributed by atoms with van der Waals surface area (Å²) < 4.78 is 10.4. The normalized spacial score (nSPS) is 16.6. The van der Waals surface area contributed by atoms with Crippen LogP contribution in [-0.2, 0) is 0 Å². The van der Waals surface area contributed by atoms with Gasteiger partial charge in [0.1, 0.15) is 6.61 Å². The van der Waals surface area contributed by atoms with Crippen molar-refractivity contribution in [2.75, 3.05) is 33.4 Å². The van der Waals surface area contributed by atoms with Gasteiger partial charge in [0, 0.05) is 6.54 Å². The summed E-state index contributed by atoms with van der Waals surface area (Å²) in [4.78, 5) is 14.0. The van der Waals surface area contributed by atoms with Crippen LogP contribution in [-0.4, -0.2) is 53.2 Å². The fourth-order valence-corrected chi connectivity index (χ4v) is 2.06. The average Bonchev–Trinajstić information content (AvgIpc) is 2.39. The van der Waals surface area contributed by atoms with Gasteiger partial charge in [0.15, 0.2) is 0 Å². The number of methoxy groups -OCH3 is 1. The Morgan fingerprint density at radius 1 is 1.11 bits per heavy atom. The molecule has 1 aromatic rings. The number of ether oxygens (including phenoxy) is 2. The second-order valence-corrected chi connectivity index (χ2v) is 4.46. The van der Waals surface area contributed by atoms with E-state index < -0.39 is 0 Å². The molecule has 100 valence electrons. The van der Waals surface area contributed by atoms with Crippen LogP contribution in [0.4, 0.5) is 0 Å². The predicted octanol–water partition coefficient (Wildman–Crippen LogP) is 1.40. The number of hydrogen-bond donors (Lipinski definition) is 0. The monoisotopic (exact) mass is 272 g/mol. The van der Waals surface area contributed by atoms with E-state index in [9.17, 15) is 0 Å². The third-order valence-electron chi connectivity index (χ3n) is 2.84. The molecule has 0 radical (unpaired) electrons. The average molecular weight is 273 g/mol. The van der Waals surface area contributed by atoms with Gasteiger partial charge in [-0.05, 0) is 37.5 Å². The Morgan fingerprint density at radius 2 is 1.83 bits per heavy atom. The van der Waals surface area contributed by atoms with Crippen molar-refractivity contribution in [3.8, 4) is 12.0 Å². The Labute approximate surface area is 111 Å². The van der Waals surface area contributed by atoms with Gasteiger partial charge in [-0.3, -0.25) is 4.90 Å². The summed E-state index contributed by atoms with van der Waals surface area (Å²) in [6.45, 7) is 3.71. The van der Waals surface area contributed by atoms with E-state index in [-0.39, 0.29) is 17.3 Å². The lowest BCUT2D eigenvalue weighted by Crippen LogP contribution is -2.33. The first-order valence-corrected chi connectivity index (χ1v) is 6.46. The molecule has 1 saturated heterocycles. The molecular weight excluding hydrogens is 256 g/mol. The third-order valence-corrected chi connectivity index (χ3v) is 3.01. The highest BCUT2D eigenvalue weighted by Crippen LogP contribution is 2.13. The lowest BCUT2D eigenvalue weighted by Gasteiger charge is -2.25. The molecule has 2 heterocycles. The summed E-state index contributed by atoms with van der Waals surface area (Å²) in [7, 11) is 1.48. The molecule has 0 N–H and O–H groups in total. The number of halogens is 1. The highest BCUT2D eigenvalue weighted by molar-refractivity contribution is 6.28. The molecule has 1 aliphatic rings. The van der Waals surface area contributed by atoms with E-state index in [2.05, 4.69) is 19.9 Å². The summed E-state index contributed by atoms with van der Waals surface area (Å²) in [6, 6.07) is 0.381. The van der Waals surface area contributed by atoms with Crippen LogP contribution < -0.4 is 9.47 Å². The zero-order valence-electron chi connectivity index (χ0n) is 10.4. The second-order valence-electron chi connectivity index (χ2n) is 4.12. The summed E-state index contributed by atoms with van der Waals surface area (Å²) in [5.41, 5.74) is 0. The maximum atomic E-state index is 5.72. The predicted molar refractivity (Wildman–Crippen MR) is 67.2 cm³/mol. The third kappa shape index (κ3) is 3.96. The Morgan fingerprint density at radius 3 is 2.56 bits per heavy atom. The molecule has 0 spiro atoms. The lowest BCUT2D eigenvalue weighted by molar-refractivity contribution is 0.176. The summed E-state index contributed by atoms with van der Waals surface area (Å²) >= 11 is 5.72. The molecule has 1 aliphatic heterocycles. The van der Waals surface area contributed by atoms with Crippen LogP contribution in [0, 0.1) is 0 Å². The van der Waals surface area contributed by atoms with Crippen LogP contribution in [0.15, 0.2) is 0 Å². The summed E-state index contributed by atoms with van der Waals surface area (Å²) in [6.07, 6.45) is 3.87. The molecular formula is C11H17ClN4O2. The SMILES string of the molecule is COc1nc(Cl)nc(OCCN2CCCCC2)n1. The van der Waals surface area contributed by atoms with Crippen molar-refractivity contribution in [1.82, 2.24) is 19.9 Å². The van der Waals surface area contributed by atoms with Gasteiger partial charge in [0.2, 0.25) is 5.28 Å². The molecule has 0 bridgehead atoms. The molecule has 2 rings (SSSR count). The number of nitrogens with zero attached hydrogens (tertiary/aromatic N) is 4. The fraction of sp³-hybridized carbons (Fsp3) is 0.727. The van der Waals surface area contributed by atoms with Crippen molar-refractivity contribution in [2.45, 2.75) is 19.3 Å². The number of rotatable bonds is 5. The Hall–Kier alpha value is -1.14. The first kappa shape index (κ1) is 13.3. The first-order valence-electron chi connectivity index (χ1n) is 6.08.